The van der Waals surface area contributed by atoms with Crippen LogP contribution in [0.5, 0.6) is 5.75 Å². The Balaban J connectivity index is 1.74. The Kier molecular flexibility index (Phi) is 11.9. The van der Waals surface area contributed by atoms with Crippen LogP contribution in [0.2, 0.25) is 0 Å². The molecule has 2 heterocycles. The number of nitrogens with one attached hydrogen (secondary N) is 2. The highest BCUT2D eigenvalue weighted by Gasteiger charge is 2.42. The van der Waals surface area contributed by atoms with Gasteiger partial charge in [-0.2, -0.15) is 0 Å². The summed E-state index contributed by atoms with van der Waals surface area (Å²) in [6.07, 6.45) is 6.98. The van der Waals surface area contributed by atoms with Gasteiger partial charge in [0.1, 0.15) is 11.8 Å². The Morgan fingerprint density at radius 2 is 1.68 bits per heavy atom. The molecule has 1 spiro atoms. The van der Waals surface area contributed by atoms with Crippen LogP contribution in [0.25, 0.3) is 0 Å². The molecule has 0 saturated carbocycles. The predicted molar refractivity (Wildman–Crippen MR) is 152 cm³/mol. The van der Waals surface area contributed by atoms with Crippen molar-refractivity contribution in [2.75, 3.05) is 33.4 Å². The Morgan fingerprint density at radius 1 is 0.974 bits per heavy atom. The summed E-state index contributed by atoms with van der Waals surface area (Å²) in [4.78, 5) is 29.8. The van der Waals surface area contributed by atoms with Crippen LogP contribution in [0.3, 0.4) is 0 Å². The third kappa shape index (κ3) is 8.98. The van der Waals surface area contributed by atoms with Gasteiger partial charge in [-0.25, -0.2) is 0 Å². The number of rotatable bonds is 7. The highest BCUT2D eigenvalue weighted by atomic mass is 16.5. The van der Waals surface area contributed by atoms with Gasteiger partial charge in [-0.15, -0.1) is 0 Å². The molecule has 38 heavy (non-hydrogen) atoms. The maximum Gasteiger partial charge on any atom is 0.242 e. The largest absolute Gasteiger partial charge is 0.496 e. The molecular formula is C31H51N3O4. The SMILES string of the molecule is COc1ccccc1CN1CCC2(CCCCCOC[C@H](CC(C)C)NC(=O)[C@H](CC(C)C)NC2=O)CC1. The van der Waals surface area contributed by atoms with Crippen molar-refractivity contribution in [2.45, 2.75) is 97.7 Å². The number of nitrogens with zero attached hydrogens (tertiary/aromatic N) is 1. The summed E-state index contributed by atoms with van der Waals surface area (Å²) in [5.41, 5.74) is 0.737. The number of hydrogen-bond donors (Lipinski definition) is 2. The summed E-state index contributed by atoms with van der Waals surface area (Å²) < 4.78 is 11.5. The average Bonchev–Trinajstić information content (AvgIpc) is 2.87. The maximum absolute atomic E-state index is 14.0. The Morgan fingerprint density at radius 3 is 2.37 bits per heavy atom. The Bertz CT molecular complexity index is 880. The Hall–Kier alpha value is -2.12. The van der Waals surface area contributed by atoms with Crippen molar-refractivity contribution in [3.8, 4) is 5.75 Å². The van der Waals surface area contributed by atoms with Gasteiger partial charge in [-0.05, 0) is 69.5 Å². The van der Waals surface area contributed by atoms with Crippen molar-refractivity contribution in [2.24, 2.45) is 17.3 Å². The van der Waals surface area contributed by atoms with Crippen LogP contribution in [-0.4, -0.2) is 62.2 Å². The van der Waals surface area contributed by atoms with Gasteiger partial charge in [-0.1, -0.05) is 58.7 Å². The topological polar surface area (TPSA) is 79.9 Å². The second-order valence-electron chi connectivity index (χ2n) is 12.2. The molecule has 0 aliphatic carbocycles. The van der Waals surface area contributed by atoms with Crippen molar-refractivity contribution in [3.63, 3.8) is 0 Å². The second-order valence-corrected chi connectivity index (χ2v) is 12.2. The van der Waals surface area contributed by atoms with Crippen LogP contribution < -0.4 is 15.4 Å². The van der Waals surface area contributed by atoms with E-state index in [9.17, 15) is 9.59 Å². The number of methoxy groups -OCH3 is 1. The Labute approximate surface area is 230 Å². The fourth-order valence-electron chi connectivity index (χ4n) is 5.93. The number of benzene rings is 1. The van der Waals surface area contributed by atoms with Crippen LogP contribution in [0.1, 0.15) is 84.6 Å². The molecule has 7 heteroatoms. The molecule has 0 bridgehead atoms. The summed E-state index contributed by atoms with van der Waals surface area (Å²) >= 11 is 0. The van der Waals surface area contributed by atoms with Gasteiger partial charge in [0.05, 0.1) is 25.2 Å². The highest BCUT2D eigenvalue weighted by Crippen LogP contribution is 2.38. The van der Waals surface area contributed by atoms with Gasteiger partial charge in [0.2, 0.25) is 11.8 Å². The van der Waals surface area contributed by atoms with E-state index in [0.717, 1.165) is 70.3 Å². The predicted octanol–water partition coefficient (Wildman–Crippen LogP) is 4.93. The molecule has 2 aliphatic rings. The number of ether oxygens (including phenoxy) is 2. The zero-order chi connectivity index (χ0) is 27.5. The zero-order valence-corrected chi connectivity index (χ0v) is 24.4. The maximum atomic E-state index is 14.0. The van der Waals surface area contributed by atoms with E-state index >= 15 is 0 Å². The average molecular weight is 530 g/mol. The van der Waals surface area contributed by atoms with E-state index in [1.54, 1.807) is 7.11 Å². The van der Waals surface area contributed by atoms with Crippen LogP contribution in [0.15, 0.2) is 24.3 Å². The molecule has 2 saturated heterocycles. The van der Waals surface area contributed by atoms with Crippen LogP contribution >= 0.6 is 0 Å². The van der Waals surface area contributed by atoms with E-state index in [-0.39, 0.29) is 17.9 Å². The standard InChI is InChI=1S/C31H51N3O4/c1-23(2)19-26-22-38-18-10-6-9-13-31(30(36)33-27(20-24(3)4)29(35)32-26)14-16-34(17-15-31)21-25-11-7-8-12-28(25)37-5/h7-8,11-12,23-24,26-27H,6,9-10,13-22H2,1-5H3,(H,32,35)(H,33,36)/t26-,27-/m0/s1. The van der Waals surface area contributed by atoms with Crippen molar-refractivity contribution >= 4 is 11.8 Å². The van der Waals surface area contributed by atoms with E-state index in [2.05, 4.69) is 49.3 Å². The molecule has 3 rings (SSSR count). The fourth-order valence-corrected chi connectivity index (χ4v) is 5.93. The molecule has 2 aliphatic heterocycles. The van der Waals surface area contributed by atoms with E-state index in [0.29, 0.717) is 31.5 Å². The van der Waals surface area contributed by atoms with E-state index in [1.807, 2.05) is 18.2 Å². The van der Waals surface area contributed by atoms with Crippen molar-refractivity contribution in [1.29, 1.82) is 0 Å². The first kappa shape index (κ1) is 30.4. The van der Waals surface area contributed by atoms with Gasteiger partial charge < -0.3 is 20.1 Å². The molecule has 0 radical (unpaired) electrons. The van der Waals surface area contributed by atoms with Crippen LogP contribution in [0, 0.1) is 17.3 Å². The number of amides is 2. The van der Waals surface area contributed by atoms with Crippen LogP contribution in [0.4, 0.5) is 0 Å². The van der Waals surface area contributed by atoms with Gasteiger partial charge >= 0.3 is 0 Å². The lowest BCUT2D eigenvalue weighted by Crippen LogP contribution is -2.56. The fraction of sp³-hybridized carbons (Fsp3) is 0.742. The number of carbonyl (C=O) groups excluding carboxylic acids is 2. The third-order valence-electron chi connectivity index (χ3n) is 8.08. The number of hydrogen-bond acceptors (Lipinski definition) is 5. The monoisotopic (exact) mass is 529 g/mol. The van der Waals surface area contributed by atoms with E-state index in [1.165, 1.54) is 5.56 Å². The number of piperidine rings is 1. The molecule has 2 fully saturated rings. The minimum Gasteiger partial charge on any atom is -0.496 e. The van der Waals surface area contributed by atoms with Crippen molar-refractivity contribution in [3.05, 3.63) is 29.8 Å². The quantitative estimate of drug-likeness (QED) is 0.524. The molecule has 7 nitrogen and oxygen atoms in total. The summed E-state index contributed by atoms with van der Waals surface area (Å²) in [5.74, 6) is 1.63. The second kappa shape index (κ2) is 14.9. The minimum absolute atomic E-state index is 0.0378. The molecule has 0 aromatic heterocycles. The van der Waals surface area contributed by atoms with Gasteiger partial charge in [0.15, 0.2) is 0 Å². The number of carbonyl (C=O) groups is 2. The molecule has 2 N–H and O–H groups in total. The van der Waals surface area contributed by atoms with Crippen molar-refractivity contribution in [1.82, 2.24) is 15.5 Å². The van der Waals surface area contributed by atoms with Gasteiger partial charge in [-0.3, -0.25) is 14.5 Å². The van der Waals surface area contributed by atoms with Gasteiger partial charge in [0, 0.05) is 18.7 Å². The summed E-state index contributed by atoms with van der Waals surface area (Å²) in [6, 6.07) is 7.59. The van der Waals surface area contributed by atoms with Crippen molar-refractivity contribution < 1.29 is 19.1 Å². The molecule has 214 valence electrons. The number of para-hydroxylation sites is 1. The van der Waals surface area contributed by atoms with E-state index < -0.39 is 11.5 Å². The first-order valence-corrected chi connectivity index (χ1v) is 14.8. The summed E-state index contributed by atoms with van der Waals surface area (Å²) in [5, 5.41) is 6.45. The lowest BCUT2D eigenvalue weighted by molar-refractivity contribution is -0.139. The molecule has 2 amide bonds. The molecule has 1 aromatic rings. The molecular weight excluding hydrogens is 478 g/mol. The summed E-state index contributed by atoms with van der Waals surface area (Å²) in [7, 11) is 1.71. The lowest BCUT2D eigenvalue weighted by atomic mass is 9.73. The molecule has 0 unspecified atom stereocenters. The summed E-state index contributed by atoms with van der Waals surface area (Å²) in [6.45, 7) is 12.3. The third-order valence-corrected chi connectivity index (χ3v) is 8.08. The smallest absolute Gasteiger partial charge is 0.242 e. The first-order chi connectivity index (χ1) is 18.2. The van der Waals surface area contributed by atoms with E-state index in [4.69, 9.17) is 9.47 Å². The number of likely N-dealkylation sites (tertiary alicyclic amines) is 1. The minimum atomic E-state index is -0.524. The van der Waals surface area contributed by atoms with Crippen LogP contribution in [-0.2, 0) is 20.9 Å². The molecule has 1 aromatic carbocycles. The normalized spacial score (nSPS) is 24.2. The molecule has 2 atom stereocenters. The zero-order valence-electron chi connectivity index (χ0n) is 24.4. The first-order valence-electron chi connectivity index (χ1n) is 14.8. The highest BCUT2D eigenvalue weighted by molar-refractivity contribution is 5.90. The van der Waals surface area contributed by atoms with Gasteiger partial charge in [0.25, 0.3) is 0 Å². The lowest BCUT2D eigenvalue weighted by Gasteiger charge is -2.42.